The van der Waals surface area contributed by atoms with E-state index in [-0.39, 0.29) is 29.3 Å². The third kappa shape index (κ3) is 4.06. The second kappa shape index (κ2) is 7.60. The van der Waals surface area contributed by atoms with E-state index in [1.54, 1.807) is 4.57 Å². The lowest BCUT2D eigenvalue weighted by atomic mass is 10.2. The van der Waals surface area contributed by atoms with Crippen LogP contribution in [0, 0.1) is 5.92 Å². The third-order valence-electron chi connectivity index (χ3n) is 4.86. The Kier molecular flexibility index (Phi) is 5.47. The average molecular weight is 359 g/mol. The molecule has 1 saturated carbocycles. The second-order valence-electron chi connectivity index (χ2n) is 6.83. The van der Waals surface area contributed by atoms with E-state index < -0.39 is 0 Å². The molecule has 0 aliphatic heterocycles. The SMILES string of the molecule is CC[C@@H](C)n1c(SCC(=O)N[C@H](C)C2CC2)nc2ccccc2c1=O. The summed E-state index contributed by atoms with van der Waals surface area (Å²) >= 11 is 1.34. The van der Waals surface area contributed by atoms with E-state index in [0.717, 1.165) is 6.42 Å². The van der Waals surface area contributed by atoms with Crippen molar-refractivity contribution < 1.29 is 4.79 Å². The molecule has 1 heterocycles. The monoisotopic (exact) mass is 359 g/mol. The van der Waals surface area contributed by atoms with Gasteiger partial charge in [-0.25, -0.2) is 4.98 Å². The van der Waals surface area contributed by atoms with Crippen LogP contribution in [0.5, 0.6) is 0 Å². The number of nitrogens with zero attached hydrogens (tertiary/aromatic N) is 2. The van der Waals surface area contributed by atoms with Crippen molar-refractivity contribution in [3.63, 3.8) is 0 Å². The second-order valence-corrected chi connectivity index (χ2v) is 7.77. The summed E-state index contributed by atoms with van der Waals surface area (Å²) in [5.41, 5.74) is 0.649. The van der Waals surface area contributed by atoms with Gasteiger partial charge in [0, 0.05) is 12.1 Å². The molecule has 0 saturated heterocycles. The molecule has 0 unspecified atom stereocenters. The number of carbonyl (C=O) groups is 1. The van der Waals surface area contributed by atoms with Gasteiger partial charge in [0.05, 0.1) is 16.7 Å². The Hall–Kier alpha value is -1.82. The molecular formula is C19H25N3O2S. The molecule has 0 spiro atoms. The average Bonchev–Trinajstić information content (AvgIpc) is 3.44. The van der Waals surface area contributed by atoms with E-state index >= 15 is 0 Å². The van der Waals surface area contributed by atoms with E-state index in [2.05, 4.69) is 17.2 Å². The molecule has 1 aliphatic rings. The van der Waals surface area contributed by atoms with Crippen molar-refractivity contribution in [2.24, 2.45) is 5.92 Å². The summed E-state index contributed by atoms with van der Waals surface area (Å²) < 4.78 is 1.73. The Morgan fingerprint density at radius 2 is 2.08 bits per heavy atom. The molecule has 2 atom stereocenters. The summed E-state index contributed by atoms with van der Waals surface area (Å²) in [6.07, 6.45) is 3.24. The molecular weight excluding hydrogens is 334 g/mol. The summed E-state index contributed by atoms with van der Waals surface area (Å²) in [6, 6.07) is 7.65. The first-order valence-corrected chi connectivity index (χ1v) is 9.93. The summed E-state index contributed by atoms with van der Waals surface area (Å²) in [4.78, 5) is 29.7. The molecule has 134 valence electrons. The number of hydrogen-bond acceptors (Lipinski definition) is 4. The van der Waals surface area contributed by atoms with Gasteiger partial charge in [0.15, 0.2) is 5.16 Å². The standard InChI is InChI=1S/C19H25N3O2S/c1-4-12(2)22-18(24)15-7-5-6-8-16(15)21-19(22)25-11-17(23)20-13(3)14-9-10-14/h5-8,12-14H,4,9-11H2,1-3H3,(H,20,23)/t12-,13-/m1/s1. The number of amides is 1. The van der Waals surface area contributed by atoms with Gasteiger partial charge in [-0.1, -0.05) is 30.8 Å². The molecule has 0 bridgehead atoms. The van der Waals surface area contributed by atoms with Gasteiger partial charge in [-0.2, -0.15) is 0 Å². The van der Waals surface area contributed by atoms with Crippen molar-refractivity contribution in [2.45, 2.75) is 57.3 Å². The van der Waals surface area contributed by atoms with E-state index in [1.165, 1.54) is 24.6 Å². The Balaban J connectivity index is 1.83. The minimum Gasteiger partial charge on any atom is -0.353 e. The van der Waals surface area contributed by atoms with Crippen LogP contribution in [0.2, 0.25) is 0 Å². The molecule has 5 nitrogen and oxygen atoms in total. The van der Waals surface area contributed by atoms with Gasteiger partial charge in [-0.05, 0) is 51.2 Å². The molecule has 1 aromatic carbocycles. The van der Waals surface area contributed by atoms with Gasteiger partial charge in [0.1, 0.15) is 0 Å². The molecule has 1 N–H and O–H groups in total. The number of aromatic nitrogens is 2. The van der Waals surface area contributed by atoms with E-state index in [4.69, 9.17) is 0 Å². The first-order chi connectivity index (χ1) is 12.0. The Morgan fingerprint density at radius 3 is 2.76 bits per heavy atom. The fraction of sp³-hybridized carbons (Fsp3) is 0.526. The third-order valence-corrected chi connectivity index (χ3v) is 5.81. The first-order valence-electron chi connectivity index (χ1n) is 8.94. The van der Waals surface area contributed by atoms with Crippen molar-refractivity contribution >= 4 is 28.6 Å². The smallest absolute Gasteiger partial charge is 0.262 e. The van der Waals surface area contributed by atoms with E-state index in [0.29, 0.717) is 22.0 Å². The zero-order valence-corrected chi connectivity index (χ0v) is 15.8. The number of fused-ring (bicyclic) bond motifs is 1. The quantitative estimate of drug-likeness (QED) is 0.608. The van der Waals surface area contributed by atoms with Crippen LogP contribution in [0.3, 0.4) is 0 Å². The van der Waals surface area contributed by atoms with Crippen LogP contribution in [0.15, 0.2) is 34.2 Å². The molecule has 3 rings (SSSR count). The van der Waals surface area contributed by atoms with E-state index in [9.17, 15) is 9.59 Å². The lowest BCUT2D eigenvalue weighted by Gasteiger charge is -2.18. The van der Waals surface area contributed by atoms with Gasteiger partial charge >= 0.3 is 0 Å². The van der Waals surface area contributed by atoms with E-state index in [1.807, 2.05) is 38.1 Å². The largest absolute Gasteiger partial charge is 0.353 e. The Labute approximate surface area is 152 Å². The zero-order chi connectivity index (χ0) is 18.0. The highest BCUT2D eigenvalue weighted by Crippen LogP contribution is 2.32. The molecule has 1 aromatic heterocycles. The van der Waals surface area contributed by atoms with Crippen LogP contribution < -0.4 is 10.9 Å². The van der Waals surface area contributed by atoms with Crippen LogP contribution in [-0.4, -0.2) is 27.3 Å². The number of nitrogens with one attached hydrogen (secondary N) is 1. The van der Waals surface area contributed by atoms with Gasteiger partial charge in [-0.3, -0.25) is 14.2 Å². The van der Waals surface area contributed by atoms with Crippen LogP contribution in [0.25, 0.3) is 10.9 Å². The van der Waals surface area contributed by atoms with Crippen molar-refractivity contribution in [2.75, 3.05) is 5.75 Å². The molecule has 0 radical (unpaired) electrons. The predicted octanol–water partition coefficient (Wildman–Crippen LogP) is 3.37. The number of rotatable bonds is 7. The highest BCUT2D eigenvalue weighted by molar-refractivity contribution is 7.99. The number of benzene rings is 1. The first kappa shape index (κ1) is 18.0. The fourth-order valence-corrected chi connectivity index (χ4v) is 3.85. The molecule has 6 heteroatoms. The van der Waals surface area contributed by atoms with Crippen molar-refractivity contribution in [3.8, 4) is 0 Å². The molecule has 25 heavy (non-hydrogen) atoms. The lowest BCUT2D eigenvalue weighted by molar-refractivity contribution is -0.119. The summed E-state index contributed by atoms with van der Waals surface area (Å²) in [7, 11) is 0. The maximum absolute atomic E-state index is 12.9. The minimum atomic E-state index is -0.0331. The normalized spacial score (nSPS) is 16.6. The highest BCUT2D eigenvalue weighted by Gasteiger charge is 2.29. The number of carbonyl (C=O) groups excluding carboxylic acids is 1. The maximum atomic E-state index is 12.9. The summed E-state index contributed by atoms with van der Waals surface area (Å²) in [6.45, 7) is 6.12. The molecule has 2 aromatic rings. The van der Waals surface area contributed by atoms with Gasteiger partial charge in [0.2, 0.25) is 5.91 Å². The Morgan fingerprint density at radius 1 is 1.36 bits per heavy atom. The van der Waals surface area contributed by atoms with Crippen molar-refractivity contribution in [3.05, 3.63) is 34.6 Å². The van der Waals surface area contributed by atoms with Crippen LogP contribution in [0.1, 0.15) is 46.1 Å². The number of thioether (sulfide) groups is 1. The highest BCUT2D eigenvalue weighted by atomic mass is 32.2. The molecule has 1 amide bonds. The summed E-state index contributed by atoms with van der Waals surface area (Å²) in [5.74, 6) is 0.909. The fourth-order valence-electron chi connectivity index (χ4n) is 2.94. The number of para-hydroxylation sites is 1. The Bertz CT molecular complexity index is 829. The zero-order valence-electron chi connectivity index (χ0n) is 15.0. The molecule has 1 aliphatic carbocycles. The summed E-state index contributed by atoms with van der Waals surface area (Å²) in [5, 5.41) is 4.29. The predicted molar refractivity (Wildman–Crippen MR) is 102 cm³/mol. The van der Waals surface area contributed by atoms with Gasteiger partial charge in [0.25, 0.3) is 5.56 Å². The lowest BCUT2D eigenvalue weighted by Crippen LogP contribution is -2.35. The van der Waals surface area contributed by atoms with Gasteiger partial charge < -0.3 is 5.32 Å². The van der Waals surface area contributed by atoms with Crippen molar-refractivity contribution in [1.82, 2.24) is 14.9 Å². The van der Waals surface area contributed by atoms with Crippen LogP contribution >= 0.6 is 11.8 Å². The molecule has 1 fully saturated rings. The maximum Gasteiger partial charge on any atom is 0.262 e. The van der Waals surface area contributed by atoms with Crippen molar-refractivity contribution in [1.29, 1.82) is 0 Å². The van der Waals surface area contributed by atoms with Crippen LogP contribution in [-0.2, 0) is 4.79 Å². The minimum absolute atomic E-state index is 0.00232. The van der Waals surface area contributed by atoms with Crippen LogP contribution in [0.4, 0.5) is 0 Å². The van der Waals surface area contributed by atoms with Gasteiger partial charge in [-0.15, -0.1) is 0 Å². The number of hydrogen-bond donors (Lipinski definition) is 1. The topological polar surface area (TPSA) is 64.0 Å².